The van der Waals surface area contributed by atoms with Crippen LogP contribution in [0.5, 0.6) is 0 Å². The molecule has 1 heterocycles. The number of benzene rings is 1. The highest BCUT2D eigenvalue weighted by molar-refractivity contribution is 7.80. The molecule has 1 atom stereocenters. The smallest absolute Gasteiger partial charge is 0.338 e. The maximum Gasteiger partial charge on any atom is 0.338 e. The fourth-order valence-electron chi connectivity index (χ4n) is 2.07. The zero-order valence-corrected chi connectivity index (χ0v) is 12.0. The first kappa shape index (κ1) is 14.3. The summed E-state index contributed by atoms with van der Waals surface area (Å²) in [6.07, 6.45) is 1.54. The van der Waals surface area contributed by atoms with Crippen LogP contribution in [-0.2, 0) is 9.53 Å². The predicted molar refractivity (Wildman–Crippen MR) is 81.9 cm³/mol. The Balaban J connectivity index is 2.36. The highest BCUT2D eigenvalue weighted by Gasteiger charge is 2.30. The van der Waals surface area contributed by atoms with Gasteiger partial charge in [-0.3, -0.25) is 0 Å². The Morgan fingerprint density at radius 1 is 1.45 bits per heavy atom. The molecular formula is C15H16N2O2S. The van der Waals surface area contributed by atoms with Gasteiger partial charge in [0, 0.05) is 5.70 Å². The van der Waals surface area contributed by atoms with Crippen LogP contribution in [0.2, 0.25) is 0 Å². The van der Waals surface area contributed by atoms with Crippen molar-refractivity contribution in [2.45, 2.75) is 13.0 Å². The number of esters is 1. The summed E-state index contributed by atoms with van der Waals surface area (Å²) in [4.78, 5) is 12.2. The Kier molecular flexibility index (Phi) is 4.53. The van der Waals surface area contributed by atoms with E-state index in [4.69, 9.17) is 17.0 Å². The van der Waals surface area contributed by atoms with Crippen molar-refractivity contribution in [2.24, 2.45) is 0 Å². The van der Waals surface area contributed by atoms with Crippen molar-refractivity contribution in [3.63, 3.8) is 0 Å². The van der Waals surface area contributed by atoms with Crippen molar-refractivity contribution in [2.75, 3.05) is 6.61 Å². The summed E-state index contributed by atoms with van der Waals surface area (Å²) in [7, 11) is 0. The highest BCUT2D eigenvalue weighted by Crippen LogP contribution is 2.27. The first-order chi connectivity index (χ1) is 9.63. The van der Waals surface area contributed by atoms with Crippen molar-refractivity contribution in [1.82, 2.24) is 10.6 Å². The average Bonchev–Trinajstić information content (AvgIpc) is 2.45. The maximum absolute atomic E-state index is 12.2. The second-order valence-corrected chi connectivity index (χ2v) is 4.78. The summed E-state index contributed by atoms with van der Waals surface area (Å²) in [5.41, 5.74) is 2.20. The zero-order chi connectivity index (χ0) is 14.5. The first-order valence-corrected chi connectivity index (χ1v) is 6.65. The lowest BCUT2D eigenvalue weighted by Gasteiger charge is -2.29. The molecule has 2 rings (SSSR count). The molecule has 1 aromatic rings. The Morgan fingerprint density at radius 2 is 2.15 bits per heavy atom. The number of thiocarbonyl (C=S) groups is 1. The average molecular weight is 288 g/mol. The molecule has 104 valence electrons. The Hall–Kier alpha value is -2.14. The number of nitrogens with one attached hydrogen (secondary N) is 2. The number of ether oxygens (including phenoxy) is 1. The van der Waals surface area contributed by atoms with Crippen LogP contribution in [0.4, 0.5) is 0 Å². The van der Waals surface area contributed by atoms with Gasteiger partial charge in [-0.05, 0) is 24.7 Å². The molecule has 0 spiro atoms. The molecule has 0 saturated carbocycles. The molecular weight excluding hydrogens is 272 g/mol. The van der Waals surface area contributed by atoms with E-state index in [-0.39, 0.29) is 18.6 Å². The van der Waals surface area contributed by atoms with Crippen LogP contribution >= 0.6 is 12.2 Å². The molecule has 1 aromatic carbocycles. The lowest BCUT2D eigenvalue weighted by molar-refractivity contribution is -0.138. The van der Waals surface area contributed by atoms with Crippen LogP contribution in [-0.4, -0.2) is 17.7 Å². The molecule has 5 heteroatoms. The minimum absolute atomic E-state index is 0.182. The maximum atomic E-state index is 12.2. The van der Waals surface area contributed by atoms with E-state index in [2.05, 4.69) is 17.2 Å². The molecule has 0 unspecified atom stereocenters. The number of carbonyl (C=O) groups excluding carboxylic acids is 1. The molecule has 0 bridgehead atoms. The largest absolute Gasteiger partial charge is 0.458 e. The zero-order valence-electron chi connectivity index (χ0n) is 11.2. The second kappa shape index (κ2) is 6.34. The molecule has 0 fully saturated rings. The molecule has 20 heavy (non-hydrogen) atoms. The van der Waals surface area contributed by atoms with E-state index in [9.17, 15) is 4.79 Å². The Labute approximate surface area is 123 Å². The molecule has 0 aromatic heterocycles. The third kappa shape index (κ3) is 3.05. The van der Waals surface area contributed by atoms with Crippen molar-refractivity contribution >= 4 is 23.3 Å². The van der Waals surface area contributed by atoms with Crippen LogP contribution in [0.3, 0.4) is 0 Å². The van der Waals surface area contributed by atoms with Gasteiger partial charge >= 0.3 is 5.97 Å². The lowest BCUT2D eigenvalue weighted by atomic mass is 9.96. The van der Waals surface area contributed by atoms with Gasteiger partial charge in [0.1, 0.15) is 6.61 Å². The van der Waals surface area contributed by atoms with E-state index in [1.807, 2.05) is 37.3 Å². The standard InChI is InChI=1S/C15H16N2O2S/c1-3-9-19-14(18)12-10(2)16-15(20)17-13(12)11-7-5-4-6-8-11/h3-8,13H,1,9H2,2H3,(H2,16,17,20)/t13-/m0/s1. The fourth-order valence-corrected chi connectivity index (χ4v) is 2.34. The van der Waals surface area contributed by atoms with E-state index in [1.165, 1.54) is 0 Å². The van der Waals surface area contributed by atoms with Gasteiger partial charge in [0.2, 0.25) is 0 Å². The Morgan fingerprint density at radius 3 is 2.80 bits per heavy atom. The summed E-state index contributed by atoms with van der Waals surface area (Å²) in [6.45, 7) is 5.54. The van der Waals surface area contributed by atoms with Gasteiger partial charge in [-0.1, -0.05) is 43.0 Å². The van der Waals surface area contributed by atoms with E-state index in [1.54, 1.807) is 6.08 Å². The van der Waals surface area contributed by atoms with E-state index in [0.717, 1.165) is 5.56 Å². The minimum Gasteiger partial charge on any atom is -0.458 e. The number of rotatable bonds is 4. The fraction of sp³-hybridized carbons (Fsp3) is 0.200. The molecule has 4 nitrogen and oxygen atoms in total. The molecule has 0 aliphatic carbocycles. The third-order valence-electron chi connectivity index (χ3n) is 2.95. The van der Waals surface area contributed by atoms with Gasteiger partial charge in [0.25, 0.3) is 0 Å². The first-order valence-electron chi connectivity index (χ1n) is 6.24. The molecule has 1 aliphatic heterocycles. The number of hydrogen-bond acceptors (Lipinski definition) is 3. The minimum atomic E-state index is -0.376. The summed E-state index contributed by atoms with van der Waals surface area (Å²) >= 11 is 5.16. The summed E-state index contributed by atoms with van der Waals surface area (Å²) < 4.78 is 5.15. The predicted octanol–water partition coefficient (Wildman–Crippen LogP) is 2.21. The third-order valence-corrected chi connectivity index (χ3v) is 3.17. The molecule has 0 saturated heterocycles. The Bertz CT molecular complexity index is 566. The monoisotopic (exact) mass is 288 g/mol. The number of allylic oxidation sites excluding steroid dienone is 1. The van der Waals surface area contributed by atoms with E-state index < -0.39 is 0 Å². The van der Waals surface area contributed by atoms with Gasteiger partial charge in [-0.2, -0.15) is 0 Å². The summed E-state index contributed by atoms with van der Waals surface area (Å²) in [5.74, 6) is -0.376. The van der Waals surface area contributed by atoms with Gasteiger partial charge in [-0.15, -0.1) is 0 Å². The van der Waals surface area contributed by atoms with Gasteiger partial charge in [-0.25, -0.2) is 4.79 Å². The summed E-state index contributed by atoms with van der Waals surface area (Å²) in [6, 6.07) is 9.35. The van der Waals surface area contributed by atoms with Crippen molar-refractivity contribution in [3.8, 4) is 0 Å². The van der Waals surface area contributed by atoms with Crippen molar-refractivity contribution < 1.29 is 9.53 Å². The molecule has 0 amide bonds. The van der Waals surface area contributed by atoms with Crippen LogP contribution in [0.25, 0.3) is 0 Å². The molecule has 1 aliphatic rings. The normalized spacial score (nSPS) is 18.1. The molecule has 0 radical (unpaired) electrons. The van der Waals surface area contributed by atoms with Crippen LogP contribution in [0.15, 0.2) is 54.3 Å². The summed E-state index contributed by atoms with van der Waals surface area (Å²) in [5, 5.41) is 6.56. The SMILES string of the molecule is C=CCOC(=O)C1=C(C)NC(=S)N[C@H]1c1ccccc1. The second-order valence-electron chi connectivity index (χ2n) is 4.37. The van der Waals surface area contributed by atoms with Crippen LogP contribution < -0.4 is 10.6 Å². The van der Waals surface area contributed by atoms with Gasteiger partial charge in [0.05, 0.1) is 11.6 Å². The number of hydrogen-bond donors (Lipinski definition) is 2. The van der Waals surface area contributed by atoms with Crippen LogP contribution in [0, 0.1) is 0 Å². The van der Waals surface area contributed by atoms with Crippen molar-refractivity contribution in [3.05, 3.63) is 59.8 Å². The highest BCUT2D eigenvalue weighted by atomic mass is 32.1. The van der Waals surface area contributed by atoms with E-state index in [0.29, 0.717) is 16.4 Å². The van der Waals surface area contributed by atoms with Gasteiger partial charge in [0.15, 0.2) is 5.11 Å². The topological polar surface area (TPSA) is 50.4 Å². The van der Waals surface area contributed by atoms with Crippen molar-refractivity contribution in [1.29, 1.82) is 0 Å². The molecule has 2 N–H and O–H groups in total. The number of carbonyl (C=O) groups is 1. The van der Waals surface area contributed by atoms with E-state index >= 15 is 0 Å². The lowest BCUT2D eigenvalue weighted by Crippen LogP contribution is -2.45. The quantitative estimate of drug-likeness (QED) is 0.505. The van der Waals surface area contributed by atoms with Gasteiger partial charge < -0.3 is 15.4 Å². The van der Waals surface area contributed by atoms with Crippen LogP contribution in [0.1, 0.15) is 18.5 Å².